The summed E-state index contributed by atoms with van der Waals surface area (Å²) in [4.78, 5) is 19.3. The van der Waals surface area contributed by atoms with E-state index >= 15 is 0 Å². The van der Waals surface area contributed by atoms with Crippen molar-refractivity contribution < 1.29 is 9.90 Å². The molecule has 2 aromatic rings. The Hall–Kier alpha value is -1.66. The molecule has 0 saturated carbocycles. The first-order valence-corrected chi connectivity index (χ1v) is 6.73. The van der Waals surface area contributed by atoms with E-state index in [1.165, 1.54) is 23.6 Å². The molecular formula is C12H12ClN3O2S. The predicted molar refractivity (Wildman–Crippen MR) is 75.0 cm³/mol. The molecule has 0 radical (unpaired) electrons. The van der Waals surface area contributed by atoms with Gasteiger partial charge in [0.15, 0.2) is 0 Å². The molecule has 2 rings (SSSR count). The van der Waals surface area contributed by atoms with Gasteiger partial charge >= 0.3 is 5.97 Å². The predicted octanol–water partition coefficient (Wildman–Crippen LogP) is 3.24. The van der Waals surface area contributed by atoms with Gasteiger partial charge in [0.05, 0.1) is 16.1 Å². The topological polar surface area (TPSA) is 75.1 Å². The molecule has 100 valence electrons. The summed E-state index contributed by atoms with van der Waals surface area (Å²) >= 11 is 7.55. The molecule has 0 fully saturated rings. The molecule has 7 heteroatoms. The molecule has 0 unspecified atom stereocenters. The Kier molecular flexibility index (Phi) is 3.73. The van der Waals surface area contributed by atoms with Gasteiger partial charge in [0.25, 0.3) is 0 Å². The molecular weight excluding hydrogens is 286 g/mol. The number of hydrogen-bond donors (Lipinski definition) is 2. The van der Waals surface area contributed by atoms with E-state index in [0.29, 0.717) is 5.82 Å². The van der Waals surface area contributed by atoms with Gasteiger partial charge in [0.2, 0.25) is 0 Å². The molecule has 2 N–H and O–H groups in total. The number of anilines is 1. The lowest BCUT2D eigenvalue weighted by atomic mass is 10.1. The van der Waals surface area contributed by atoms with Crippen molar-refractivity contribution in [2.24, 2.45) is 0 Å². The third-order valence-electron chi connectivity index (χ3n) is 2.52. The maximum Gasteiger partial charge on any atom is 0.337 e. The zero-order valence-corrected chi connectivity index (χ0v) is 11.9. The SMILES string of the molecule is CC(C)(Nc1nccc(C(=O)O)c1Cl)c1nccs1. The van der Waals surface area contributed by atoms with Crippen LogP contribution in [0.2, 0.25) is 5.02 Å². The lowest BCUT2D eigenvalue weighted by Crippen LogP contribution is -2.28. The quantitative estimate of drug-likeness (QED) is 0.906. The summed E-state index contributed by atoms with van der Waals surface area (Å²) < 4.78 is 0. The third kappa shape index (κ3) is 2.85. The van der Waals surface area contributed by atoms with Crippen LogP contribution >= 0.6 is 22.9 Å². The second-order valence-corrected chi connectivity index (χ2v) is 5.69. The van der Waals surface area contributed by atoms with E-state index in [1.54, 1.807) is 6.20 Å². The Morgan fingerprint density at radius 1 is 1.42 bits per heavy atom. The van der Waals surface area contributed by atoms with Gasteiger partial charge in [-0.05, 0) is 19.9 Å². The number of halogens is 1. The van der Waals surface area contributed by atoms with Crippen LogP contribution in [0.4, 0.5) is 5.82 Å². The van der Waals surface area contributed by atoms with E-state index < -0.39 is 11.5 Å². The van der Waals surface area contributed by atoms with Crippen LogP contribution in [0.1, 0.15) is 29.2 Å². The fourth-order valence-electron chi connectivity index (χ4n) is 1.58. The number of carboxylic acids is 1. The van der Waals surface area contributed by atoms with Gasteiger partial charge < -0.3 is 10.4 Å². The van der Waals surface area contributed by atoms with Crippen LogP contribution in [0.25, 0.3) is 0 Å². The standard InChI is InChI=1S/C12H12ClN3O2S/c1-12(2,11-15-5-6-19-11)16-9-8(13)7(10(17)18)3-4-14-9/h3-6H,1-2H3,(H,14,16)(H,17,18). The molecule has 0 bridgehead atoms. The molecule has 5 nitrogen and oxygen atoms in total. The second kappa shape index (κ2) is 5.14. The fraction of sp³-hybridized carbons (Fsp3) is 0.250. The third-order valence-corrected chi connectivity index (χ3v) is 4.00. The molecule has 2 aromatic heterocycles. The Balaban J connectivity index is 2.34. The zero-order chi connectivity index (χ0) is 14.0. The van der Waals surface area contributed by atoms with Crippen LogP contribution in [0.5, 0.6) is 0 Å². The molecule has 0 spiro atoms. The number of pyridine rings is 1. The minimum Gasteiger partial charge on any atom is -0.478 e. The molecule has 19 heavy (non-hydrogen) atoms. The summed E-state index contributed by atoms with van der Waals surface area (Å²) in [5, 5.41) is 15.0. The number of carboxylic acid groups (broad SMARTS) is 1. The highest BCUT2D eigenvalue weighted by atomic mass is 35.5. The molecule has 0 amide bonds. The summed E-state index contributed by atoms with van der Waals surface area (Å²) in [6.07, 6.45) is 3.13. The van der Waals surface area contributed by atoms with E-state index in [1.807, 2.05) is 19.2 Å². The lowest BCUT2D eigenvalue weighted by molar-refractivity contribution is 0.0697. The lowest BCUT2D eigenvalue weighted by Gasteiger charge is -2.25. The first-order chi connectivity index (χ1) is 8.92. The highest BCUT2D eigenvalue weighted by Crippen LogP contribution is 2.31. The van der Waals surface area contributed by atoms with Crippen molar-refractivity contribution in [3.05, 3.63) is 39.4 Å². The normalized spacial score (nSPS) is 11.3. The Labute approximate surface area is 119 Å². The van der Waals surface area contributed by atoms with Gasteiger partial charge in [-0.3, -0.25) is 0 Å². The summed E-state index contributed by atoms with van der Waals surface area (Å²) in [6.45, 7) is 3.86. The first kappa shape index (κ1) is 13.8. The smallest absolute Gasteiger partial charge is 0.337 e. The van der Waals surface area contributed by atoms with Gasteiger partial charge in [0, 0.05) is 17.8 Å². The van der Waals surface area contributed by atoms with E-state index in [4.69, 9.17) is 16.7 Å². The van der Waals surface area contributed by atoms with Crippen molar-refractivity contribution in [1.82, 2.24) is 9.97 Å². The number of hydrogen-bond acceptors (Lipinski definition) is 5. The first-order valence-electron chi connectivity index (χ1n) is 5.48. The van der Waals surface area contributed by atoms with Crippen molar-refractivity contribution in [1.29, 1.82) is 0 Å². The maximum absolute atomic E-state index is 11.0. The van der Waals surface area contributed by atoms with E-state index in [9.17, 15) is 4.79 Å². The van der Waals surface area contributed by atoms with Gasteiger partial charge in [-0.25, -0.2) is 14.8 Å². The molecule has 0 aliphatic heterocycles. The van der Waals surface area contributed by atoms with Crippen molar-refractivity contribution in [2.45, 2.75) is 19.4 Å². The van der Waals surface area contributed by atoms with Crippen LogP contribution in [0.15, 0.2) is 23.8 Å². The Bertz CT molecular complexity index is 599. The second-order valence-electron chi connectivity index (χ2n) is 4.41. The summed E-state index contributed by atoms with van der Waals surface area (Å²) in [5.41, 5.74) is -0.462. The van der Waals surface area contributed by atoms with Crippen molar-refractivity contribution in [3.63, 3.8) is 0 Å². The average molecular weight is 298 g/mol. The Morgan fingerprint density at radius 3 is 2.74 bits per heavy atom. The monoisotopic (exact) mass is 297 g/mol. The van der Waals surface area contributed by atoms with E-state index in [0.717, 1.165) is 5.01 Å². The van der Waals surface area contributed by atoms with Gasteiger partial charge in [-0.1, -0.05) is 11.6 Å². The molecule has 2 heterocycles. The van der Waals surface area contributed by atoms with Gasteiger partial charge in [-0.15, -0.1) is 11.3 Å². The van der Waals surface area contributed by atoms with Crippen LogP contribution < -0.4 is 5.32 Å². The number of nitrogens with zero attached hydrogens (tertiary/aromatic N) is 2. The van der Waals surface area contributed by atoms with Gasteiger partial charge in [0.1, 0.15) is 10.8 Å². The number of aromatic nitrogens is 2. The van der Waals surface area contributed by atoms with Crippen molar-refractivity contribution in [2.75, 3.05) is 5.32 Å². The maximum atomic E-state index is 11.0. The molecule has 0 aromatic carbocycles. The van der Waals surface area contributed by atoms with Crippen LogP contribution in [-0.2, 0) is 5.54 Å². The molecule has 0 saturated heterocycles. The molecule has 0 aliphatic carbocycles. The highest BCUT2D eigenvalue weighted by molar-refractivity contribution is 7.09. The largest absolute Gasteiger partial charge is 0.478 e. The molecule has 0 aliphatic rings. The van der Waals surface area contributed by atoms with Crippen molar-refractivity contribution in [3.8, 4) is 0 Å². The number of aromatic carboxylic acids is 1. The van der Waals surface area contributed by atoms with Crippen LogP contribution in [0.3, 0.4) is 0 Å². The summed E-state index contributed by atoms with van der Waals surface area (Å²) in [7, 11) is 0. The summed E-state index contributed by atoms with van der Waals surface area (Å²) in [5.74, 6) is -0.746. The Morgan fingerprint density at radius 2 is 2.16 bits per heavy atom. The minimum atomic E-state index is -1.08. The van der Waals surface area contributed by atoms with Crippen LogP contribution in [-0.4, -0.2) is 21.0 Å². The molecule has 0 atom stereocenters. The average Bonchev–Trinajstić information content (AvgIpc) is 2.85. The van der Waals surface area contributed by atoms with Gasteiger partial charge in [-0.2, -0.15) is 0 Å². The van der Waals surface area contributed by atoms with Crippen molar-refractivity contribution >= 4 is 34.7 Å². The minimum absolute atomic E-state index is 0.0223. The van der Waals surface area contributed by atoms with E-state index in [-0.39, 0.29) is 10.6 Å². The zero-order valence-electron chi connectivity index (χ0n) is 10.3. The highest BCUT2D eigenvalue weighted by Gasteiger charge is 2.25. The number of rotatable bonds is 4. The number of nitrogens with one attached hydrogen (secondary N) is 1. The number of thiazole rings is 1. The van der Waals surface area contributed by atoms with E-state index in [2.05, 4.69) is 15.3 Å². The number of carbonyl (C=O) groups is 1. The summed E-state index contributed by atoms with van der Waals surface area (Å²) in [6, 6.07) is 1.37. The fourth-order valence-corrected chi connectivity index (χ4v) is 2.54. The van der Waals surface area contributed by atoms with Crippen LogP contribution in [0, 0.1) is 0 Å².